The molecule has 0 amide bonds. The molecule has 0 bridgehead atoms. The van der Waals surface area contributed by atoms with E-state index in [9.17, 15) is 24.0 Å². The van der Waals surface area contributed by atoms with Gasteiger partial charge < -0.3 is 29.9 Å². The number of carbonyl (C=O) groups is 5. The molecule has 162 valence electrons. The highest BCUT2D eigenvalue weighted by atomic mass is 16.7. The summed E-state index contributed by atoms with van der Waals surface area (Å²) in [6.45, 7) is 3.01. The van der Waals surface area contributed by atoms with Crippen LogP contribution in [0.3, 0.4) is 0 Å². The predicted octanol–water partition coefficient (Wildman–Crippen LogP) is 1.16. The number of unbranched alkanes of at least 4 members (excludes halogenated alkanes) is 1. The zero-order valence-corrected chi connectivity index (χ0v) is 16.0. The van der Waals surface area contributed by atoms with Crippen LogP contribution in [-0.2, 0) is 33.4 Å². The normalized spacial score (nSPS) is 12.0. The molecule has 28 heavy (non-hydrogen) atoms. The van der Waals surface area contributed by atoms with Crippen LogP contribution in [0.15, 0.2) is 0 Å². The fourth-order valence-corrected chi connectivity index (χ4v) is 1.54. The summed E-state index contributed by atoms with van der Waals surface area (Å²) in [7, 11) is 0. The van der Waals surface area contributed by atoms with Crippen molar-refractivity contribution in [3.8, 4) is 0 Å². The Bertz CT molecular complexity index is 513. The van der Waals surface area contributed by atoms with Gasteiger partial charge in [-0.1, -0.05) is 6.92 Å². The van der Waals surface area contributed by atoms with Gasteiger partial charge in [0.15, 0.2) is 0 Å². The average Bonchev–Trinajstić information content (AvgIpc) is 2.57. The molecule has 0 heterocycles. The molecule has 0 rings (SSSR count). The SMILES string of the molecule is CC(O)C(=O)O.CCCC(OC(=O)CCCCC(=O)O)OC(=O)CCC(=O)O. The molecule has 0 fully saturated rings. The van der Waals surface area contributed by atoms with Crippen molar-refractivity contribution in [2.75, 3.05) is 0 Å². The van der Waals surface area contributed by atoms with Crippen LogP contribution in [0.1, 0.15) is 65.2 Å². The van der Waals surface area contributed by atoms with Crippen molar-refractivity contribution in [2.24, 2.45) is 0 Å². The van der Waals surface area contributed by atoms with E-state index in [1.807, 2.05) is 6.92 Å². The summed E-state index contributed by atoms with van der Waals surface area (Å²) < 4.78 is 9.92. The molecule has 11 nitrogen and oxygen atoms in total. The first kappa shape index (κ1) is 27.5. The average molecular weight is 408 g/mol. The minimum Gasteiger partial charge on any atom is -0.481 e. The Morgan fingerprint density at radius 3 is 1.61 bits per heavy atom. The third-order valence-corrected chi connectivity index (χ3v) is 2.97. The smallest absolute Gasteiger partial charge is 0.332 e. The monoisotopic (exact) mass is 408 g/mol. The molecule has 0 saturated heterocycles. The number of carboxylic acid groups (broad SMARTS) is 3. The number of carbonyl (C=O) groups excluding carboxylic acids is 2. The number of hydrogen-bond acceptors (Lipinski definition) is 8. The molecule has 0 aromatic heterocycles. The largest absolute Gasteiger partial charge is 0.481 e. The van der Waals surface area contributed by atoms with Gasteiger partial charge in [-0.15, -0.1) is 0 Å². The maximum absolute atomic E-state index is 11.6. The van der Waals surface area contributed by atoms with Crippen LogP contribution in [0, 0.1) is 0 Å². The molecule has 0 spiro atoms. The predicted molar refractivity (Wildman–Crippen MR) is 93.2 cm³/mol. The number of aliphatic hydroxyl groups is 1. The molecule has 4 N–H and O–H groups in total. The minimum absolute atomic E-state index is 0.0180. The van der Waals surface area contributed by atoms with Gasteiger partial charge in [-0.2, -0.15) is 0 Å². The van der Waals surface area contributed by atoms with Gasteiger partial charge in [-0.05, 0) is 26.2 Å². The summed E-state index contributed by atoms with van der Waals surface area (Å²) >= 11 is 0. The zero-order valence-electron chi connectivity index (χ0n) is 16.0. The van der Waals surface area contributed by atoms with E-state index in [1.54, 1.807) is 0 Å². The van der Waals surface area contributed by atoms with Gasteiger partial charge in [0.05, 0.1) is 12.8 Å². The number of aliphatic carboxylic acids is 3. The van der Waals surface area contributed by atoms with Gasteiger partial charge in [0.1, 0.15) is 6.10 Å². The van der Waals surface area contributed by atoms with E-state index in [4.69, 9.17) is 29.9 Å². The summed E-state index contributed by atoms with van der Waals surface area (Å²) in [5.41, 5.74) is 0. The Labute approximate surface area is 162 Å². The molecular weight excluding hydrogens is 380 g/mol. The standard InChI is InChI=1S/C14H22O8.C3H6O3/c1-2-5-14(22-13(20)9-8-11(17)18)21-12(19)7-4-3-6-10(15)16;1-2(4)3(5)6/h14H,2-9H2,1H3,(H,15,16)(H,17,18);2,4H,1H3,(H,5,6). The van der Waals surface area contributed by atoms with Crippen LogP contribution in [0.2, 0.25) is 0 Å². The van der Waals surface area contributed by atoms with Crippen LogP contribution in [0.4, 0.5) is 0 Å². The lowest BCUT2D eigenvalue weighted by Gasteiger charge is -2.17. The fourth-order valence-electron chi connectivity index (χ4n) is 1.54. The number of ether oxygens (including phenoxy) is 2. The van der Waals surface area contributed by atoms with Crippen molar-refractivity contribution in [2.45, 2.75) is 77.6 Å². The highest BCUT2D eigenvalue weighted by Gasteiger charge is 2.18. The lowest BCUT2D eigenvalue weighted by atomic mass is 10.2. The molecule has 0 aromatic rings. The maximum Gasteiger partial charge on any atom is 0.332 e. The molecule has 0 aromatic carbocycles. The fraction of sp³-hybridized carbons (Fsp3) is 0.706. The quantitative estimate of drug-likeness (QED) is 0.195. The van der Waals surface area contributed by atoms with Crippen LogP contribution in [0.25, 0.3) is 0 Å². The minimum atomic E-state index is -1.23. The van der Waals surface area contributed by atoms with Gasteiger partial charge in [0.25, 0.3) is 0 Å². The number of carboxylic acids is 3. The molecule has 0 saturated carbocycles. The lowest BCUT2D eigenvalue weighted by molar-refractivity contribution is -0.189. The highest BCUT2D eigenvalue weighted by Crippen LogP contribution is 2.10. The Kier molecular flexibility index (Phi) is 16.2. The van der Waals surface area contributed by atoms with Crippen molar-refractivity contribution < 1.29 is 53.9 Å². The first-order valence-electron chi connectivity index (χ1n) is 8.72. The summed E-state index contributed by atoms with van der Waals surface area (Å²) in [5, 5.41) is 32.7. The molecule has 2 unspecified atom stereocenters. The molecule has 2 atom stereocenters. The van der Waals surface area contributed by atoms with Crippen LogP contribution in [0.5, 0.6) is 0 Å². The van der Waals surface area contributed by atoms with Crippen molar-refractivity contribution in [3.63, 3.8) is 0 Å². The summed E-state index contributed by atoms with van der Waals surface area (Å²) in [6, 6.07) is 0. The molecule has 0 aliphatic heterocycles. The zero-order chi connectivity index (χ0) is 22.1. The second-order valence-corrected chi connectivity index (χ2v) is 5.71. The Morgan fingerprint density at radius 1 is 0.786 bits per heavy atom. The summed E-state index contributed by atoms with van der Waals surface area (Å²) in [4.78, 5) is 53.1. The van der Waals surface area contributed by atoms with Gasteiger partial charge in [-0.3, -0.25) is 19.2 Å². The molecule has 0 aliphatic rings. The van der Waals surface area contributed by atoms with Gasteiger partial charge in [0, 0.05) is 19.3 Å². The third-order valence-electron chi connectivity index (χ3n) is 2.97. The highest BCUT2D eigenvalue weighted by molar-refractivity contribution is 5.76. The second-order valence-electron chi connectivity index (χ2n) is 5.71. The van der Waals surface area contributed by atoms with E-state index in [-0.39, 0.29) is 25.7 Å². The van der Waals surface area contributed by atoms with Crippen LogP contribution in [-0.4, -0.2) is 62.7 Å². The number of hydrogen-bond donors (Lipinski definition) is 4. The number of rotatable bonds is 13. The van der Waals surface area contributed by atoms with E-state index in [0.29, 0.717) is 25.7 Å². The van der Waals surface area contributed by atoms with Gasteiger partial charge >= 0.3 is 29.8 Å². The van der Waals surface area contributed by atoms with E-state index in [0.717, 1.165) is 0 Å². The van der Waals surface area contributed by atoms with Crippen molar-refractivity contribution in [3.05, 3.63) is 0 Å². The van der Waals surface area contributed by atoms with Gasteiger partial charge in [-0.25, -0.2) is 4.79 Å². The van der Waals surface area contributed by atoms with E-state index in [1.165, 1.54) is 6.92 Å². The van der Waals surface area contributed by atoms with Crippen LogP contribution < -0.4 is 0 Å². The topological polar surface area (TPSA) is 185 Å². The maximum atomic E-state index is 11.6. The van der Waals surface area contributed by atoms with E-state index >= 15 is 0 Å². The molecule has 0 radical (unpaired) electrons. The lowest BCUT2D eigenvalue weighted by Crippen LogP contribution is -2.24. The third kappa shape index (κ3) is 19.6. The van der Waals surface area contributed by atoms with Crippen molar-refractivity contribution in [1.82, 2.24) is 0 Å². The van der Waals surface area contributed by atoms with Crippen LogP contribution >= 0.6 is 0 Å². The molecule has 0 aliphatic carbocycles. The van der Waals surface area contributed by atoms with E-state index < -0.39 is 42.2 Å². The first-order chi connectivity index (χ1) is 13.0. The van der Waals surface area contributed by atoms with Gasteiger partial charge in [0.2, 0.25) is 6.29 Å². The molecule has 11 heteroatoms. The molecular formula is C17H28O11. The first-order valence-corrected chi connectivity index (χ1v) is 8.72. The van der Waals surface area contributed by atoms with E-state index in [2.05, 4.69) is 0 Å². The second kappa shape index (κ2) is 16.5. The Hall–Kier alpha value is -2.69. The Balaban J connectivity index is 0. The summed E-state index contributed by atoms with van der Waals surface area (Å²) in [6.07, 6.45) is -1.20. The number of esters is 2. The summed E-state index contributed by atoms with van der Waals surface area (Å²) in [5.74, 6) is -4.53. The van der Waals surface area contributed by atoms with Crippen molar-refractivity contribution >= 4 is 29.8 Å². The van der Waals surface area contributed by atoms with Crippen molar-refractivity contribution in [1.29, 1.82) is 0 Å². The Morgan fingerprint density at radius 2 is 1.21 bits per heavy atom. The number of aliphatic hydroxyl groups excluding tert-OH is 1.